The lowest BCUT2D eigenvalue weighted by Crippen LogP contribution is -2.41. The number of carbonyl (C=O) groups is 1. The second-order valence-corrected chi connectivity index (χ2v) is 5.45. The molecule has 11 heteroatoms. The minimum absolute atomic E-state index is 0.177. The van der Waals surface area contributed by atoms with Crippen molar-refractivity contribution in [2.45, 2.75) is 44.1 Å². The zero-order chi connectivity index (χ0) is 18.6. The summed E-state index contributed by atoms with van der Waals surface area (Å²) in [6.45, 7) is 1.28. The van der Waals surface area contributed by atoms with E-state index in [2.05, 4.69) is 10.3 Å². The second kappa shape index (κ2) is 7.85. The number of nitrogens with one attached hydrogen (secondary N) is 1. The fourth-order valence-electron chi connectivity index (χ4n) is 2.23. The Balaban J connectivity index is 2.12. The van der Waals surface area contributed by atoms with Gasteiger partial charge in [0, 0.05) is 6.20 Å². The summed E-state index contributed by atoms with van der Waals surface area (Å²) in [5, 5.41) is 20.6. The van der Waals surface area contributed by atoms with Crippen LogP contribution < -0.4 is 11.0 Å². The van der Waals surface area contributed by atoms with E-state index in [9.17, 15) is 23.5 Å². The van der Waals surface area contributed by atoms with Crippen LogP contribution in [0, 0.1) is 0 Å². The third kappa shape index (κ3) is 4.11. The molecule has 0 radical (unpaired) electrons. The molecule has 3 N–H and O–H groups in total. The van der Waals surface area contributed by atoms with Crippen LogP contribution in [0.5, 0.6) is 0 Å². The molecule has 1 saturated heterocycles. The molecule has 1 aliphatic rings. The number of alkyl halides is 2. The van der Waals surface area contributed by atoms with E-state index in [1.807, 2.05) is 6.92 Å². The molecule has 1 fully saturated rings. The normalized spacial score (nSPS) is 24.9. The van der Waals surface area contributed by atoms with E-state index >= 15 is 0 Å². The number of amides is 1. The Morgan fingerprint density at radius 1 is 1.56 bits per heavy atom. The minimum atomic E-state index is -3.80. The van der Waals surface area contributed by atoms with Crippen LogP contribution in [0.3, 0.4) is 0 Å². The van der Waals surface area contributed by atoms with Crippen molar-refractivity contribution in [1.82, 2.24) is 9.55 Å². The predicted octanol–water partition coefficient (Wildman–Crippen LogP) is 0.478. The zero-order valence-electron chi connectivity index (χ0n) is 13.4. The topological polar surface area (TPSA) is 123 Å². The van der Waals surface area contributed by atoms with Crippen LogP contribution in [-0.2, 0) is 9.47 Å². The lowest BCUT2D eigenvalue weighted by atomic mass is 10.1. The summed E-state index contributed by atoms with van der Waals surface area (Å²) in [7, 11) is 0. The largest absolute Gasteiger partial charge is 0.449 e. The summed E-state index contributed by atoms with van der Waals surface area (Å²) in [4.78, 5) is 26.9. The van der Waals surface area contributed by atoms with Gasteiger partial charge in [0.2, 0.25) is 6.23 Å². The minimum Gasteiger partial charge on any atom is -0.449 e. The number of carbonyl (C=O) groups excluding carboxylic acids is 1. The van der Waals surface area contributed by atoms with Gasteiger partial charge in [0.05, 0.1) is 13.2 Å². The van der Waals surface area contributed by atoms with E-state index in [0.717, 1.165) is 18.7 Å². The predicted molar refractivity (Wildman–Crippen MR) is 80.3 cm³/mol. The Morgan fingerprint density at radius 2 is 2.28 bits per heavy atom. The summed E-state index contributed by atoms with van der Waals surface area (Å²) in [5.41, 5.74) is -1.12. The molecule has 1 aromatic rings. The Labute approximate surface area is 141 Å². The van der Waals surface area contributed by atoms with Gasteiger partial charge < -0.3 is 19.7 Å². The number of aliphatic hydroxyl groups is 2. The molecular weight excluding hydrogens is 344 g/mol. The van der Waals surface area contributed by atoms with E-state index < -0.39 is 42.7 Å². The SMILES string of the molecule is CCCCOC(=O)Nc1ccn([C@@H]2O[C@H](CO)C(O)C2(F)F)c(=O)n1. The van der Waals surface area contributed by atoms with Gasteiger partial charge in [-0.2, -0.15) is 13.8 Å². The molecule has 0 saturated carbocycles. The standard InChI is InChI=1S/C14H19F2N3O6/c1-2-3-6-24-13(23)18-9-4-5-19(12(22)17-9)11-14(15,16)10(21)8(7-20)25-11/h4-5,8,10-11,20-21H,2-3,6-7H2,1H3,(H,17,18,22,23)/t8-,10?,11-/m1/s1. The number of anilines is 1. The Kier molecular flexibility index (Phi) is 6.03. The summed E-state index contributed by atoms with van der Waals surface area (Å²) < 4.78 is 38.2. The Hall–Kier alpha value is -2.11. The van der Waals surface area contributed by atoms with E-state index in [0.29, 0.717) is 11.0 Å². The van der Waals surface area contributed by atoms with Gasteiger partial charge >= 0.3 is 17.7 Å². The van der Waals surface area contributed by atoms with Crippen LogP contribution in [0.2, 0.25) is 0 Å². The number of rotatable bonds is 6. The van der Waals surface area contributed by atoms with Gasteiger partial charge in [0.15, 0.2) is 6.10 Å². The molecule has 1 aromatic heterocycles. The smallest absolute Gasteiger partial charge is 0.412 e. The average molecular weight is 363 g/mol. The molecule has 2 heterocycles. The summed E-state index contributed by atoms with van der Waals surface area (Å²) in [5.74, 6) is -3.98. The number of unbranched alkanes of at least 4 members (excludes halogenated alkanes) is 1. The van der Waals surface area contributed by atoms with Crippen molar-refractivity contribution in [3.8, 4) is 0 Å². The number of ether oxygens (including phenoxy) is 2. The van der Waals surface area contributed by atoms with Gasteiger partial charge in [0.25, 0.3) is 0 Å². The molecule has 1 aliphatic heterocycles. The Morgan fingerprint density at radius 3 is 2.84 bits per heavy atom. The summed E-state index contributed by atoms with van der Waals surface area (Å²) in [6, 6.07) is 1.11. The lowest BCUT2D eigenvalue weighted by molar-refractivity contribution is -0.140. The molecule has 0 aromatic carbocycles. The van der Waals surface area contributed by atoms with E-state index in [-0.39, 0.29) is 12.4 Å². The average Bonchev–Trinajstić information content (AvgIpc) is 2.78. The maximum absolute atomic E-state index is 14.0. The zero-order valence-corrected chi connectivity index (χ0v) is 13.4. The first-order valence-electron chi connectivity index (χ1n) is 7.66. The van der Waals surface area contributed by atoms with Crippen LogP contribution in [0.25, 0.3) is 0 Å². The number of hydrogen-bond acceptors (Lipinski definition) is 7. The molecule has 0 aliphatic carbocycles. The molecule has 0 spiro atoms. The molecule has 1 unspecified atom stereocenters. The van der Waals surface area contributed by atoms with Crippen molar-refractivity contribution in [3.63, 3.8) is 0 Å². The number of nitrogens with zero attached hydrogens (tertiary/aromatic N) is 2. The monoisotopic (exact) mass is 363 g/mol. The number of hydrogen-bond donors (Lipinski definition) is 3. The summed E-state index contributed by atoms with van der Waals surface area (Å²) in [6.07, 6.45) is -4.29. The molecular formula is C14H19F2N3O6. The molecule has 1 amide bonds. The van der Waals surface area contributed by atoms with Gasteiger partial charge in [-0.3, -0.25) is 9.88 Å². The van der Waals surface area contributed by atoms with Gasteiger partial charge in [-0.25, -0.2) is 9.59 Å². The van der Waals surface area contributed by atoms with Gasteiger partial charge in [-0.15, -0.1) is 0 Å². The highest BCUT2D eigenvalue weighted by Gasteiger charge is 2.59. The van der Waals surface area contributed by atoms with E-state index in [4.69, 9.17) is 14.6 Å². The van der Waals surface area contributed by atoms with Crippen molar-refractivity contribution in [3.05, 3.63) is 22.7 Å². The van der Waals surface area contributed by atoms with Gasteiger partial charge in [0.1, 0.15) is 11.9 Å². The number of aromatic nitrogens is 2. The van der Waals surface area contributed by atoms with Crippen LogP contribution in [0.1, 0.15) is 26.0 Å². The second-order valence-electron chi connectivity index (χ2n) is 5.45. The third-order valence-electron chi connectivity index (χ3n) is 3.60. The van der Waals surface area contributed by atoms with Crippen molar-refractivity contribution in [2.75, 3.05) is 18.5 Å². The molecule has 0 bridgehead atoms. The van der Waals surface area contributed by atoms with E-state index in [1.165, 1.54) is 0 Å². The first kappa shape index (κ1) is 19.2. The van der Waals surface area contributed by atoms with Crippen molar-refractivity contribution in [1.29, 1.82) is 0 Å². The van der Waals surface area contributed by atoms with Crippen molar-refractivity contribution in [2.24, 2.45) is 0 Å². The fraction of sp³-hybridized carbons (Fsp3) is 0.643. The molecule has 140 valence electrons. The highest BCUT2D eigenvalue weighted by atomic mass is 19.3. The van der Waals surface area contributed by atoms with Crippen LogP contribution in [0.15, 0.2) is 17.1 Å². The number of aliphatic hydroxyl groups excluding tert-OH is 2. The molecule has 9 nitrogen and oxygen atoms in total. The molecule has 3 atom stereocenters. The van der Waals surface area contributed by atoms with Crippen molar-refractivity contribution < 1.29 is 33.3 Å². The number of halogens is 2. The Bertz CT molecular complexity index is 668. The quantitative estimate of drug-likeness (QED) is 0.628. The first-order valence-corrected chi connectivity index (χ1v) is 7.66. The molecule has 2 rings (SSSR count). The third-order valence-corrected chi connectivity index (χ3v) is 3.60. The maximum Gasteiger partial charge on any atom is 0.412 e. The maximum atomic E-state index is 14.0. The molecule has 25 heavy (non-hydrogen) atoms. The van der Waals surface area contributed by atoms with Gasteiger partial charge in [-0.1, -0.05) is 13.3 Å². The van der Waals surface area contributed by atoms with Crippen LogP contribution in [0.4, 0.5) is 19.4 Å². The van der Waals surface area contributed by atoms with E-state index in [1.54, 1.807) is 0 Å². The van der Waals surface area contributed by atoms with Crippen LogP contribution in [-0.4, -0.2) is 57.2 Å². The van der Waals surface area contributed by atoms with Crippen LogP contribution >= 0.6 is 0 Å². The summed E-state index contributed by atoms with van der Waals surface area (Å²) >= 11 is 0. The lowest BCUT2D eigenvalue weighted by Gasteiger charge is -2.21. The highest BCUT2D eigenvalue weighted by molar-refractivity contribution is 5.83. The fourth-order valence-corrected chi connectivity index (χ4v) is 2.23. The first-order chi connectivity index (χ1) is 11.8. The van der Waals surface area contributed by atoms with Gasteiger partial charge in [-0.05, 0) is 12.5 Å². The van der Waals surface area contributed by atoms with Crippen molar-refractivity contribution >= 4 is 11.9 Å². The highest BCUT2D eigenvalue weighted by Crippen LogP contribution is 2.41.